The summed E-state index contributed by atoms with van der Waals surface area (Å²) < 4.78 is 5.32. The minimum absolute atomic E-state index is 0.129. The number of thiazole rings is 1. The molecule has 2 heterocycles. The van der Waals surface area contributed by atoms with Crippen molar-refractivity contribution in [1.82, 2.24) is 15.8 Å². The number of carbonyl (C=O) groups is 2. The number of hydrogen-bond donors (Lipinski definition) is 2. The van der Waals surface area contributed by atoms with Gasteiger partial charge in [-0.3, -0.25) is 20.4 Å². The van der Waals surface area contributed by atoms with E-state index < -0.39 is 11.8 Å². The zero-order chi connectivity index (χ0) is 18.7. The molecule has 1 saturated heterocycles. The van der Waals surface area contributed by atoms with Crippen molar-refractivity contribution in [2.75, 3.05) is 31.2 Å². The van der Waals surface area contributed by atoms with Gasteiger partial charge in [0.15, 0.2) is 5.13 Å². The van der Waals surface area contributed by atoms with Crippen molar-refractivity contribution in [2.24, 2.45) is 0 Å². The Bertz CT molecular complexity index is 837. The number of morpholine rings is 1. The first-order valence-electron chi connectivity index (χ1n) is 7.82. The number of nitrogens with zero attached hydrogens (tertiary/aromatic N) is 2. The number of aromatic nitrogens is 1. The predicted molar refractivity (Wildman–Crippen MR) is 101 cm³/mol. The van der Waals surface area contributed by atoms with Crippen molar-refractivity contribution >= 4 is 51.5 Å². The molecule has 1 aliphatic heterocycles. The van der Waals surface area contributed by atoms with Crippen molar-refractivity contribution in [1.29, 1.82) is 0 Å². The van der Waals surface area contributed by atoms with Gasteiger partial charge >= 0.3 is 0 Å². The second-order valence-corrected chi connectivity index (χ2v) is 7.28. The van der Waals surface area contributed by atoms with Gasteiger partial charge in [-0.25, -0.2) is 4.98 Å². The molecule has 0 bridgehead atoms. The number of ether oxygens (including phenoxy) is 1. The topological polar surface area (TPSA) is 83.6 Å². The molecule has 1 aliphatic rings. The van der Waals surface area contributed by atoms with E-state index in [2.05, 4.69) is 20.7 Å². The van der Waals surface area contributed by atoms with Crippen molar-refractivity contribution in [3.63, 3.8) is 0 Å². The van der Waals surface area contributed by atoms with Crippen molar-refractivity contribution in [3.05, 3.63) is 44.4 Å². The Balaban J connectivity index is 1.65. The van der Waals surface area contributed by atoms with Crippen LogP contribution in [0.4, 0.5) is 5.13 Å². The second kappa shape index (κ2) is 8.22. The van der Waals surface area contributed by atoms with E-state index in [1.165, 1.54) is 17.4 Å². The van der Waals surface area contributed by atoms with E-state index in [1.807, 2.05) is 0 Å². The lowest BCUT2D eigenvalue weighted by molar-refractivity contribution is 0.0848. The van der Waals surface area contributed by atoms with Gasteiger partial charge in [0.25, 0.3) is 11.8 Å². The minimum Gasteiger partial charge on any atom is -0.378 e. The van der Waals surface area contributed by atoms with Gasteiger partial charge < -0.3 is 9.64 Å². The maximum atomic E-state index is 12.4. The van der Waals surface area contributed by atoms with Crippen LogP contribution >= 0.6 is 34.5 Å². The van der Waals surface area contributed by atoms with Crippen LogP contribution in [0.5, 0.6) is 0 Å². The summed E-state index contributed by atoms with van der Waals surface area (Å²) >= 11 is 13.2. The van der Waals surface area contributed by atoms with Crippen LogP contribution in [0.25, 0.3) is 0 Å². The summed E-state index contributed by atoms with van der Waals surface area (Å²) in [6.07, 6.45) is 0. The third kappa shape index (κ3) is 4.09. The molecule has 7 nitrogen and oxygen atoms in total. The van der Waals surface area contributed by atoms with Crippen molar-refractivity contribution in [3.8, 4) is 0 Å². The number of hydrazine groups is 1. The number of aryl methyl sites for hydroxylation is 1. The molecule has 0 spiro atoms. The van der Waals surface area contributed by atoms with E-state index >= 15 is 0 Å². The summed E-state index contributed by atoms with van der Waals surface area (Å²) in [7, 11) is 0. The summed E-state index contributed by atoms with van der Waals surface area (Å²) in [4.78, 5) is 31.5. The van der Waals surface area contributed by atoms with E-state index in [-0.39, 0.29) is 15.6 Å². The molecular weight excluding hydrogens is 399 g/mol. The Hall–Kier alpha value is -1.87. The number of halogens is 2. The Morgan fingerprint density at radius 1 is 1.19 bits per heavy atom. The van der Waals surface area contributed by atoms with Gasteiger partial charge in [0.1, 0.15) is 4.88 Å². The number of rotatable bonds is 3. The fraction of sp³-hybridized carbons (Fsp3) is 0.312. The molecule has 2 amide bonds. The van der Waals surface area contributed by atoms with E-state index in [9.17, 15) is 9.59 Å². The molecule has 10 heteroatoms. The Morgan fingerprint density at radius 2 is 1.88 bits per heavy atom. The van der Waals surface area contributed by atoms with Gasteiger partial charge in [0.05, 0.1) is 34.5 Å². The number of hydrogen-bond acceptors (Lipinski definition) is 6. The highest BCUT2D eigenvalue weighted by Crippen LogP contribution is 2.27. The molecular formula is C16H16Cl2N4O3S. The summed E-state index contributed by atoms with van der Waals surface area (Å²) in [6, 6.07) is 4.70. The number of amides is 2. The van der Waals surface area contributed by atoms with Gasteiger partial charge in [-0.05, 0) is 19.1 Å². The van der Waals surface area contributed by atoms with Crippen LogP contribution < -0.4 is 15.8 Å². The molecule has 0 radical (unpaired) electrons. The van der Waals surface area contributed by atoms with Crippen LogP contribution in [-0.2, 0) is 4.74 Å². The normalized spacial score (nSPS) is 14.2. The summed E-state index contributed by atoms with van der Waals surface area (Å²) in [6.45, 7) is 4.49. The van der Waals surface area contributed by atoms with Gasteiger partial charge in [-0.1, -0.05) is 40.6 Å². The smallest absolute Gasteiger partial charge is 0.281 e. The summed E-state index contributed by atoms with van der Waals surface area (Å²) in [5.41, 5.74) is 5.51. The lowest BCUT2D eigenvalue weighted by Crippen LogP contribution is -2.41. The molecule has 0 atom stereocenters. The van der Waals surface area contributed by atoms with Gasteiger partial charge in [-0.15, -0.1) is 0 Å². The number of nitrogens with one attached hydrogen (secondary N) is 2. The van der Waals surface area contributed by atoms with Crippen molar-refractivity contribution < 1.29 is 14.3 Å². The fourth-order valence-electron chi connectivity index (χ4n) is 2.40. The van der Waals surface area contributed by atoms with Crippen molar-refractivity contribution in [2.45, 2.75) is 6.92 Å². The van der Waals surface area contributed by atoms with Gasteiger partial charge in [-0.2, -0.15) is 0 Å². The highest BCUT2D eigenvalue weighted by atomic mass is 35.5. The summed E-state index contributed by atoms with van der Waals surface area (Å²) in [5.74, 6) is -0.993. The monoisotopic (exact) mass is 414 g/mol. The van der Waals surface area contributed by atoms with E-state index in [1.54, 1.807) is 19.1 Å². The zero-order valence-corrected chi connectivity index (χ0v) is 16.2. The molecule has 2 aromatic rings. The van der Waals surface area contributed by atoms with E-state index in [0.29, 0.717) is 23.8 Å². The minimum atomic E-state index is -0.554. The Kier molecular flexibility index (Phi) is 5.98. The summed E-state index contributed by atoms with van der Waals surface area (Å²) in [5, 5.41) is 1.16. The molecule has 0 saturated carbocycles. The maximum absolute atomic E-state index is 12.4. The third-order valence-electron chi connectivity index (χ3n) is 3.76. The quantitative estimate of drug-likeness (QED) is 0.754. The van der Waals surface area contributed by atoms with Crippen LogP contribution in [0.3, 0.4) is 0 Å². The highest BCUT2D eigenvalue weighted by Gasteiger charge is 2.21. The first kappa shape index (κ1) is 18.9. The van der Waals surface area contributed by atoms with Crippen LogP contribution in [0.15, 0.2) is 18.2 Å². The third-order valence-corrected chi connectivity index (χ3v) is 5.79. The molecule has 138 valence electrons. The SMILES string of the molecule is Cc1nc(N2CCOCC2)sc1C(=O)NNC(=O)c1cccc(Cl)c1Cl. The second-order valence-electron chi connectivity index (χ2n) is 5.52. The Labute approximate surface area is 164 Å². The predicted octanol–water partition coefficient (Wildman–Crippen LogP) is 2.67. The molecule has 1 fully saturated rings. The molecule has 0 aliphatic carbocycles. The molecule has 3 rings (SSSR count). The van der Waals surface area contributed by atoms with E-state index in [4.69, 9.17) is 27.9 Å². The zero-order valence-electron chi connectivity index (χ0n) is 13.8. The number of benzene rings is 1. The maximum Gasteiger partial charge on any atom is 0.281 e. The molecule has 0 unspecified atom stereocenters. The van der Waals surface area contributed by atoms with E-state index in [0.717, 1.165) is 18.2 Å². The molecule has 1 aromatic heterocycles. The molecule has 1 aromatic carbocycles. The average Bonchev–Trinajstić information content (AvgIpc) is 3.04. The fourth-order valence-corrected chi connectivity index (χ4v) is 3.80. The first-order chi connectivity index (χ1) is 12.5. The van der Waals surface area contributed by atoms with Gasteiger partial charge in [0, 0.05) is 13.1 Å². The van der Waals surface area contributed by atoms with Crippen LogP contribution in [-0.4, -0.2) is 43.1 Å². The Morgan fingerprint density at radius 3 is 2.62 bits per heavy atom. The molecule has 26 heavy (non-hydrogen) atoms. The molecule has 2 N–H and O–H groups in total. The largest absolute Gasteiger partial charge is 0.378 e. The van der Waals surface area contributed by atoms with Crippen LogP contribution in [0.2, 0.25) is 10.0 Å². The lowest BCUT2D eigenvalue weighted by atomic mass is 10.2. The van der Waals surface area contributed by atoms with Crippen LogP contribution in [0, 0.1) is 6.92 Å². The number of carbonyl (C=O) groups excluding carboxylic acids is 2. The lowest BCUT2D eigenvalue weighted by Gasteiger charge is -2.25. The standard InChI is InChI=1S/C16H16Cl2N4O3S/c1-9-13(26-16(19-9)22-5-7-25-8-6-22)15(24)21-20-14(23)10-3-2-4-11(17)12(10)18/h2-4H,5-8H2,1H3,(H,20,23)(H,21,24). The van der Waals surface area contributed by atoms with Gasteiger partial charge in [0.2, 0.25) is 0 Å². The highest BCUT2D eigenvalue weighted by molar-refractivity contribution is 7.17. The first-order valence-corrected chi connectivity index (χ1v) is 9.39. The average molecular weight is 415 g/mol. The number of anilines is 1. The van der Waals surface area contributed by atoms with Crippen LogP contribution in [0.1, 0.15) is 25.7 Å².